The lowest BCUT2D eigenvalue weighted by molar-refractivity contribution is -0.166. The summed E-state index contributed by atoms with van der Waals surface area (Å²) in [5.41, 5.74) is -4.64. The molecule has 0 radical (unpaired) electrons. The van der Waals surface area contributed by atoms with Crippen LogP contribution in [0.1, 0.15) is 6.42 Å². The fourth-order valence-electron chi connectivity index (χ4n) is 3.03. The van der Waals surface area contributed by atoms with E-state index in [1.54, 1.807) is 0 Å². The van der Waals surface area contributed by atoms with Gasteiger partial charge in [0.1, 0.15) is 12.0 Å². The van der Waals surface area contributed by atoms with Crippen molar-refractivity contribution in [3.8, 4) is 0 Å². The summed E-state index contributed by atoms with van der Waals surface area (Å²) in [6.07, 6.45) is 4.45. The Balaban J connectivity index is 1.76. The minimum absolute atomic E-state index is 0.0408. The zero-order chi connectivity index (χ0) is 13.1. The first-order chi connectivity index (χ1) is 8.38. The second-order valence-electron chi connectivity index (χ2n) is 4.57. The monoisotopic (exact) mass is 279 g/mol. The summed E-state index contributed by atoms with van der Waals surface area (Å²) < 4.78 is 40.2. The molecule has 3 rings (SSSR count). The van der Waals surface area contributed by atoms with Gasteiger partial charge in [0, 0.05) is 0 Å². The zero-order valence-corrected chi connectivity index (χ0v) is 9.70. The van der Waals surface area contributed by atoms with Gasteiger partial charge < -0.3 is 0 Å². The molecule has 0 aromatic carbocycles. The third-order valence-corrected chi connectivity index (χ3v) is 4.05. The van der Waals surface area contributed by atoms with Crippen molar-refractivity contribution in [2.24, 2.45) is 23.7 Å². The lowest BCUT2D eigenvalue weighted by atomic mass is 9.85. The van der Waals surface area contributed by atoms with E-state index in [9.17, 15) is 22.8 Å². The highest BCUT2D eigenvalue weighted by Crippen LogP contribution is 2.53. The topological polar surface area (TPSA) is 46.6 Å². The van der Waals surface area contributed by atoms with Crippen molar-refractivity contribution in [2.75, 3.05) is 0 Å². The minimum Gasteiger partial charge on any atom is -0.272 e. The number of hydrogen-bond donors (Lipinski definition) is 0. The third kappa shape index (κ3) is 1.66. The number of nitrogens with zero attached hydrogens (tertiary/aromatic N) is 1. The summed E-state index contributed by atoms with van der Waals surface area (Å²) in [5, 5.41) is 0.277. The largest absolute Gasteiger partial charge is 0.470 e. The molecule has 2 aliphatic carbocycles. The number of hydrogen-bond acceptors (Lipinski definition) is 4. The highest BCUT2D eigenvalue weighted by molar-refractivity contribution is 7.95. The fourth-order valence-corrected chi connectivity index (χ4v) is 3.33. The smallest absolute Gasteiger partial charge is 0.272 e. The van der Waals surface area contributed by atoms with Gasteiger partial charge in [0.15, 0.2) is 0 Å². The molecular formula is C10H8F3NO3S. The molecule has 2 amide bonds. The van der Waals surface area contributed by atoms with Crippen LogP contribution in [0.3, 0.4) is 0 Å². The molecule has 18 heavy (non-hydrogen) atoms. The van der Waals surface area contributed by atoms with Crippen LogP contribution >= 0.6 is 12.0 Å². The van der Waals surface area contributed by atoms with E-state index in [1.165, 1.54) is 0 Å². The molecule has 4 nitrogen and oxygen atoms in total. The van der Waals surface area contributed by atoms with Gasteiger partial charge in [0.25, 0.3) is 11.8 Å². The Kier molecular flexibility index (Phi) is 2.50. The van der Waals surface area contributed by atoms with E-state index in [2.05, 4.69) is 4.28 Å². The number of allylic oxidation sites excluding steroid dienone is 2. The molecule has 0 spiro atoms. The van der Waals surface area contributed by atoms with Gasteiger partial charge in [-0.1, -0.05) is 12.2 Å². The second-order valence-corrected chi connectivity index (χ2v) is 5.35. The van der Waals surface area contributed by atoms with Gasteiger partial charge in [-0.3, -0.25) is 9.59 Å². The Morgan fingerprint density at radius 1 is 1.17 bits per heavy atom. The SMILES string of the molecule is O=C1C2C3C=CC(C3)C2C(=O)N1OSC(F)(F)F. The number of fused-ring (bicyclic) bond motifs is 5. The molecule has 1 aliphatic heterocycles. The number of halogens is 3. The number of carbonyl (C=O) groups excluding carboxylic acids is 2. The molecule has 1 heterocycles. The predicted molar refractivity (Wildman–Crippen MR) is 54.3 cm³/mol. The van der Waals surface area contributed by atoms with Crippen molar-refractivity contribution in [2.45, 2.75) is 11.9 Å². The Morgan fingerprint density at radius 3 is 2.11 bits per heavy atom. The minimum atomic E-state index is -4.64. The van der Waals surface area contributed by atoms with Crippen LogP contribution in [0.15, 0.2) is 12.2 Å². The maximum Gasteiger partial charge on any atom is 0.470 e. The van der Waals surface area contributed by atoms with Gasteiger partial charge in [0.2, 0.25) is 0 Å². The third-order valence-electron chi connectivity index (χ3n) is 3.64. The molecule has 2 bridgehead atoms. The van der Waals surface area contributed by atoms with Gasteiger partial charge in [-0.25, -0.2) is 0 Å². The first-order valence-electron chi connectivity index (χ1n) is 5.37. The number of carbonyl (C=O) groups is 2. The molecule has 0 aromatic heterocycles. The Labute approximate surface area is 104 Å². The zero-order valence-electron chi connectivity index (χ0n) is 8.89. The summed E-state index contributed by atoms with van der Waals surface area (Å²) in [7, 11) is 0. The lowest BCUT2D eigenvalue weighted by Crippen LogP contribution is -2.32. The normalized spacial score (nSPS) is 37.8. The number of amides is 2. The predicted octanol–water partition coefficient (Wildman–Crippen LogP) is 1.89. The van der Waals surface area contributed by atoms with Crippen molar-refractivity contribution in [3.63, 3.8) is 0 Å². The molecule has 3 aliphatic rings. The van der Waals surface area contributed by atoms with Crippen LogP contribution in [0.4, 0.5) is 13.2 Å². The molecule has 1 saturated heterocycles. The van der Waals surface area contributed by atoms with Crippen LogP contribution in [-0.4, -0.2) is 22.4 Å². The van der Waals surface area contributed by atoms with Gasteiger partial charge in [-0.2, -0.15) is 17.5 Å². The van der Waals surface area contributed by atoms with Gasteiger partial charge in [-0.15, -0.1) is 5.06 Å². The summed E-state index contributed by atoms with van der Waals surface area (Å²) >= 11 is -0.836. The highest BCUT2D eigenvalue weighted by Gasteiger charge is 2.60. The summed E-state index contributed by atoms with van der Waals surface area (Å²) in [5.74, 6) is -2.47. The van der Waals surface area contributed by atoms with Crippen molar-refractivity contribution in [1.82, 2.24) is 5.06 Å². The Bertz CT molecular complexity index is 420. The van der Waals surface area contributed by atoms with E-state index in [0.717, 1.165) is 6.42 Å². The van der Waals surface area contributed by atoms with Gasteiger partial charge in [0.05, 0.1) is 11.8 Å². The van der Waals surface area contributed by atoms with E-state index in [4.69, 9.17) is 0 Å². The quantitative estimate of drug-likeness (QED) is 0.440. The fraction of sp³-hybridized carbons (Fsp3) is 0.600. The average molecular weight is 279 g/mol. The van der Waals surface area contributed by atoms with E-state index in [-0.39, 0.29) is 16.9 Å². The number of rotatable bonds is 2. The summed E-state index contributed by atoms with van der Waals surface area (Å²) in [6.45, 7) is 0. The lowest BCUT2D eigenvalue weighted by Gasteiger charge is -2.15. The van der Waals surface area contributed by atoms with Gasteiger partial charge in [-0.05, 0) is 18.3 Å². The maximum absolute atomic E-state index is 12.0. The molecule has 98 valence electrons. The van der Waals surface area contributed by atoms with Crippen LogP contribution in [0.5, 0.6) is 0 Å². The van der Waals surface area contributed by atoms with Gasteiger partial charge >= 0.3 is 5.51 Å². The summed E-state index contributed by atoms with van der Waals surface area (Å²) in [4.78, 5) is 23.7. The molecule has 4 unspecified atom stereocenters. The number of hydroxylamine groups is 2. The molecule has 0 N–H and O–H groups in total. The first kappa shape index (κ1) is 12.0. The summed E-state index contributed by atoms with van der Waals surface area (Å²) in [6, 6.07) is 0. The second kappa shape index (κ2) is 3.74. The van der Waals surface area contributed by atoms with Crippen molar-refractivity contribution in [1.29, 1.82) is 0 Å². The standard InChI is InChI=1S/C10H8F3NO3S/c11-10(12,13)18-17-14-8(15)6-4-1-2-5(3-4)7(6)9(14)16/h1-2,4-7H,3H2. The van der Waals surface area contributed by atoms with Crippen molar-refractivity contribution in [3.05, 3.63) is 12.2 Å². The molecule has 0 aromatic rings. The van der Waals surface area contributed by atoms with Crippen LogP contribution in [0.2, 0.25) is 0 Å². The number of alkyl halides is 3. The van der Waals surface area contributed by atoms with E-state index in [1.807, 2.05) is 12.2 Å². The van der Waals surface area contributed by atoms with E-state index < -0.39 is 41.2 Å². The van der Waals surface area contributed by atoms with Crippen molar-refractivity contribution >= 4 is 23.9 Å². The van der Waals surface area contributed by atoms with Crippen LogP contribution in [0, 0.1) is 23.7 Å². The first-order valence-corrected chi connectivity index (χ1v) is 6.11. The van der Waals surface area contributed by atoms with Crippen LogP contribution < -0.4 is 0 Å². The Morgan fingerprint density at radius 2 is 1.67 bits per heavy atom. The molecular weight excluding hydrogens is 271 g/mol. The molecule has 8 heteroatoms. The van der Waals surface area contributed by atoms with Crippen LogP contribution in [0.25, 0.3) is 0 Å². The highest BCUT2D eigenvalue weighted by atomic mass is 32.2. The van der Waals surface area contributed by atoms with Crippen LogP contribution in [-0.2, 0) is 13.9 Å². The van der Waals surface area contributed by atoms with Crippen molar-refractivity contribution < 1.29 is 27.0 Å². The average Bonchev–Trinajstić information content (AvgIpc) is 2.90. The molecule has 1 saturated carbocycles. The Hall–Kier alpha value is -1.02. The molecule has 4 atom stereocenters. The van der Waals surface area contributed by atoms with E-state index >= 15 is 0 Å². The molecule has 2 fully saturated rings. The number of imide groups is 1. The van der Waals surface area contributed by atoms with E-state index in [0.29, 0.717) is 0 Å². The maximum atomic E-state index is 12.0.